The van der Waals surface area contributed by atoms with Crippen LogP contribution < -0.4 is 0 Å². The van der Waals surface area contributed by atoms with Gasteiger partial charge in [0.15, 0.2) is 0 Å². The number of ketones is 1. The van der Waals surface area contributed by atoms with Crippen molar-refractivity contribution in [2.75, 3.05) is 0 Å². The Morgan fingerprint density at radius 2 is 2.00 bits per heavy atom. The second-order valence-electron chi connectivity index (χ2n) is 2.51. The molecule has 0 saturated carbocycles. The van der Waals surface area contributed by atoms with Crippen molar-refractivity contribution in [3.05, 3.63) is 0 Å². The summed E-state index contributed by atoms with van der Waals surface area (Å²) in [6.45, 7) is 1.11. The van der Waals surface area contributed by atoms with Crippen molar-refractivity contribution >= 4 is 12.1 Å². The minimum Gasteiger partial charge on any atom is -0.303 e. The van der Waals surface area contributed by atoms with E-state index in [1.807, 2.05) is 0 Å². The molecule has 0 bridgehead atoms. The lowest BCUT2D eigenvalue weighted by Gasteiger charge is -2.08. The first-order chi connectivity index (χ1) is 5.37. The molecule has 0 rings (SSSR count). The number of alkyl halides is 3. The van der Waals surface area contributed by atoms with Gasteiger partial charge in [-0.05, 0) is 13.3 Å². The van der Waals surface area contributed by atoms with Crippen molar-refractivity contribution in [1.82, 2.24) is 0 Å². The van der Waals surface area contributed by atoms with Crippen molar-refractivity contribution in [2.24, 2.45) is 5.92 Å². The normalized spacial score (nSPS) is 14.0. The molecule has 0 aliphatic heterocycles. The third kappa shape index (κ3) is 4.87. The third-order valence-electron chi connectivity index (χ3n) is 1.43. The molecule has 70 valence electrons. The van der Waals surface area contributed by atoms with E-state index in [1.54, 1.807) is 0 Å². The van der Waals surface area contributed by atoms with E-state index in [1.165, 1.54) is 0 Å². The molecule has 0 aromatic rings. The van der Waals surface area contributed by atoms with Crippen molar-refractivity contribution < 1.29 is 22.8 Å². The summed E-state index contributed by atoms with van der Waals surface area (Å²) in [4.78, 5) is 20.6. The Labute approximate surface area is 67.7 Å². The fourth-order valence-corrected chi connectivity index (χ4v) is 0.686. The summed E-state index contributed by atoms with van der Waals surface area (Å²) in [5.74, 6) is -1.62. The number of Topliss-reactive ketones (excluding diaryl/α,β-unsaturated/α-hetero) is 1. The number of aldehydes is 1. The predicted octanol–water partition coefficient (Wildman–Crippen LogP) is 1.73. The van der Waals surface area contributed by atoms with Crippen LogP contribution in [0, 0.1) is 5.92 Å². The Morgan fingerprint density at radius 3 is 2.25 bits per heavy atom. The Balaban J connectivity index is 3.90. The molecule has 1 atom stereocenters. The highest BCUT2D eigenvalue weighted by Gasteiger charge is 2.29. The summed E-state index contributed by atoms with van der Waals surface area (Å²) in [5, 5.41) is 0. The quantitative estimate of drug-likeness (QED) is 0.490. The zero-order valence-electron chi connectivity index (χ0n) is 6.52. The van der Waals surface area contributed by atoms with Gasteiger partial charge in [-0.3, -0.25) is 4.79 Å². The Hall–Kier alpha value is -0.870. The SMILES string of the molecule is CC(=O)C(C=O)CCC(F)(F)F. The first-order valence-corrected chi connectivity index (χ1v) is 3.39. The van der Waals surface area contributed by atoms with Crippen LogP contribution in [0.2, 0.25) is 0 Å². The topological polar surface area (TPSA) is 34.1 Å². The molecule has 0 aliphatic carbocycles. The number of hydrogen-bond donors (Lipinski definition) is 0. The molecule has 0 amide bonds. The highest BCUT2D eigenvalue weighted by atomic mass is 19.4. The van der Waals surface area contributed by atoms with E-state index in [0.29, 0.717) is 0 Å². The standard InChI is InChI=1S/C7H9F3O2/c1-5(12)6(4-11)2-3-7(8,9)10/h4,6H,2-3H2,1H3. The van der Waals surface area contributed by atoms with Crippen LogP contribution in [0.4, 0.5) is 13.2 Å². The smallest absolute Gasteiger partial charge is 0.303 e. The summed E-state index contributed by atoms with van der Waals surface area (Å²) in [5.41, 5.74) is 0. The lowest BCUT2D eigenvalue weighted by Crippen LogP contribution is -2.17. The monoisotopic (exact) mass is 182 g/mol. The van der Waals surface area contributed by atoms with Crippen LogP contribution >= 0.6 is 0 Å². The Morgan fingerprint density at radius 1 is 1.50 bits per heavy atom. The Bertz CT molecular complexity index is 174. The molecule has 0 heterocycles. The average Bonchev–Trinajstić information content (AvgIpc) is 1.85. The van der Waals surface area contributed by atoms with Crippen molar-refractivity contribution in [1.29, 1.82) is 0 Å². The van der Waals surface area contributed by atoms with Crippen molar-refractivity contribution in [3.63, 3.8) is 0 Å². The van der Waals surface area contributed by atoms with Crippen LogP contribution in [-0.4, -0.2) is 18.2 Å². The van der Waals surface area contributed by atoms with Gasteiger partial charge >= 0.3 is 6.18 Å². The molecule has 0 aromatic carbocycles. The molecular formula is C7H9F3O2. The van der Waals surface area contributed by atoms with Gasteiger partial charge < -0.3 is 4.79 Å². The fourth-order valence-electron chi connectivity index (χ4n) is 0.686. The van der Waals surface area contributed by atoms with Crippen LogP contribution in [-0.2, 0) is 9.59 Å². The van der Waals surface area contributed by atoms with E-state index in [9.17, 15) is 22.8 Å². The highest BCUT2D eigenvalue weighted by molar-refractivity contribution is 5.91. The lowest BCUT2D eigenvalue weighted by molar-refractivity contribution is -0.141. The molecular weight excluding hydrogens is 173 g/mol. The van der Waals surface area contributed by atoms with E-state index in [4.69, 9.17) is 0 Å². The van der Waals surface area contributed by atoms with Gasteiger partial charge in [0.1, 0.15) is 12.1 Å². The maximum Gasteiger partial charge on any atom is 0.389 e. The minimum atomic E-state index is -4.29. The summed E-state index contributed by atoms with van der Waals surface area (Å²) < 4.78 is 34.8. The van der Waals surface area contributed by atoms with Crippen LogP contribution in [0.3, 0.4) is 0 Å². The summed E-state index contributed by atoms with van der Waals surface area (Å²) in [7, 11) is 0. The maximum atomic E-state index is 11.6. The number of carbonyl (C=O) groups is 2. The molecule has 12 heavy (non-hydrogen) atoms. The van der Waals surface area contributed by atoms with Crippen LogP contribution in [0.5, 0.6) is 0 Å². The van der Waals surface area contributed by atoms with E-state index in [0.717, 1.165) is 6.92 Å². The molecule has 1 unspecified atom stereocenters. The van der Waals surface area contributed by atoms with Gasteiger partial charge in [0, 0.05) is 6.42 Å². The maximum absolute atomic E-state index is 11.6. The van der Waals surface area contributed by atoms with E-state index in [2.05, 4.69) is 0 Å². The number of hydrogen-bond acceptors (Lipinski definition) is 2. The van der Waals surface area contributed by atoms with Gasteiger partial charge in [0.2, 0.25) is 0 Å². The van der Waals surface area contributed by atoms with Gasteiger partial charge in [0.25, 0.3) is 0 Å². The highest BCUT2D eigenvalue weighted by Crippen LogP contribution is 2.23. The fraction of sp³-hybridized carbons (Fsp3) is 0.714. The molecule has 0 N–H and O–H groups in total. The first kappa shape index (κ1) is 11.1. The zero-order chi connectivity index (χ0) is 9.78. The van der Waals surface area contributed by atoms with E-state index in [-0.39, 0.29) is 6.29 Å². The molecule has 0 fully saturated rings. The molecule has 0 aromatic heterocycles. The number of halogens is 3. The van der Waals surface area contributed by atoms with E-state index >= 15 is 0 Å². The molecule has 5 heteroatoms. The second kappa shape index (κ2) is 4.23. The zero-order valence-corrected chi connectivity index (χ0v) is 6.52. The van der Waals surface area contributed by atoms with Gasteiger partial charge in [0.05, 0.1) is 5.92 Å². The predicted molar refractivity (Wildman–Crippen MR) is 35.5 cm³/mol. The summed E-state index contributed by atoms with van der Waals surface area (Å²) in [6.07, 6.45) is -5.57. The minimum absolute atomic E-state index is 0.258. The van der Waals surface area contributed by atoms with Gasteiger partial charge in [-0.25, -0.2) is 0 Å². The van der Waals surface area contributed by atoms with Gasteiger partial charge in [-0.1, -0.05) is 0 Å². The molecule has 0 aliphatic rings. The molecule has 0 spiro atoms. The van der Waals surface area contributed by atoms with Crippen LogP contribution in [0.15, 0.2) is 0 Å². The second-order valence-corrected chi connectivity index (χ2v) is 2.51. The first-order valence-electron chi connectivity index (χ1n) is 3.39. The largest absolute Gasteiger partial charge is 0.389 e. The van der Waals surface area contributed by atoms with Crippen molar-refractivity contribution in [2.45, 2.75) is 25.9 Å². The number of carbonyl (C=O) groups excluding carboxylic acids is 2. The molecule has 2 nitrogen and oxygen atoms in total. The number of rotatable bonds is 4. The molecule has 0 radical (unpaired) electrons. The average molecular weight is 182 g/mol. The van der Waals surface area contributed by atoms with Crippen molar-refractivity contribution in [3.8, 4) is 0 Å². The lowest BCUT2D eigenvalue weighted by atomic mass is 10.0. The van der Waals surface area contributed by atoms with Gasteiger partial charge in [-0.15, -0.1) is 0 Å². The van der Waals surface area contributed by atoms with Crippen LogP contribution in [0.1, 0.15) is 19.8 Å². The van der Waals surface area contributed by atoms with Crippen LogP contribution in [0.25, 0.3) is 0 Å². The summed E-state index contributed by atoms with van der Waals surface area (Å²) in [6, 6.07) is 0. The molecule has 0 saturated heterocycles. The Kier molecular flexibility index (Phi) is 3.92. The summed E-state index contributed by atoms with van der Waals surface area (Å²) >= 11 is 0. The van der Waals surface area contributed by atoms with Gasteiger partial charge in [-0.2, -0.15) is 13.2 Å². The third-order valence-corrected chi connectivity index (χ3v) is 1.43. The van der Waals surface area contributed by atoms with E-state index < -0.39 is 30.7 Å².